The molecule has 0 atom stereocenters. The molecule has 2 aromatic carbocycles. The van der Waals surface area contributed by atoms with Crippen LogP contribution in [0.3, 0.4) is 0 Å². The van der Waals surface area contributed by atoms with Crippen LogP contribution in [0.1, 0.15) is 30.9 Å². The number of nitrogens with zero attached hydrogens (tertiary/aromatic N) is 1. The van der Waals surface area contributed by atoms with E-state index in [9.17, 15) is 4.79 Å². The fourth-order valence-electron chi connectivity index (χ4n) is 2.54. The zero-order valence-corrected chi connectivity index (χ0v) is 16.1. The van der Waals surface area contributed by atoms with E-state index in [0.717, 1.165) is 5.56 Å². The highest BCUT2D eigenvalue weighted by atomic mass is 16.5. The summed E-state index contributed by atoms with van der Waals surface area (Å²) in [6.45, 7) is 4.68. The van der Waals surface area contributed by atoms with Gasteiger partial charge in [-0.15, -0.1) is 0 Å². The predicted octanol–water partition coefficient (Wildman–Crippen LogP) is 3.86. The lowest BCUT2D eigenvalue weighted by molar-refractivity contribution is -0.132. The van der Waals surface area contributed by atoms with Crippen molar-refractivity contribution < 1.29 is 19.0 Å². The summed E-state index contributed by atoms with van der Waals surface area (Å²) in [5.74, 6) is 2.43. The van der Waals surface area contributed by atoms with Crippen molar-refractivity contribution in [2.45, 2.75) is 26.3 Å². The molecule has 0 N–H and O–H groups in total. The number of rotatable bonds is 8. The molecular formula is C21H27NO4. The minimum absolute atomic E-state index is 0.00345. The van der Waals surface area contributed by atoms with Crippen molar-refractivity contribution in [2.24, 2.45) is 0 Å². The molecule has 2 rings (SSSR count). The number of amides is 1. The average Bonchev–Trinajstić information content (AvgIpc) is 2.66. The topological polar surface area (TPSA) is 48.0 Å². The van der Waals surface area contributed by atoms with Gasteiger partial charge in [0.15, 0.2) is 6.61 Å². The van der Waals surface area contributed by atoms with Gasteiger partial charge in [-0.05, 0) is 35.7 Å². The lowest BCUT2D eigenvalue weighted by Gasteiger charge is -2.19. The average molecular weight is 357 g/mol. The van der Waals surface area contributed by atoms with Gasteiger partial charge in [0.25, 0.3) is 5.91 Å². The number of ether oxygens (including phenoxy) is 3. The zero-order valence-electron chi connectivity index (χ0n) is 16.1. The second kappa shape index (κ2) is 9.13. The Labute approximate surface area is 155 Å². The van der Waals surface area contributed by atoms with E-state index in [4.69, 9.17) is 14.2 Å². The molecule has 0 fully saturated rings. The molecule has 0 aliphatic rings. The molecule has 140 valence electrons. The summed E-state index contributed by atoms with van der Waals surface area (Å²) >= 11 is 0. The fourth-order valence-corrected chi connectivity index (χ4v) is 2.54. The molecule has 0 aliphatic heterocycles. The second-order valence-corrected chi connectivity index (χ2v) is 6.44. The largest absolute Gasteiger partial charge is 0.497 e. The van der Waals surface area contributed by atoms with Crippen LogP contribution in [0.25, 0.3) is 0 Å². The van der Waals surface area contributed by atoms with Gasteiger partial charge in [0.2, 0.25) is 0 Å². The van der Waals surface area contributed by atoms with Gasteiger partial charge >= 0.3 is 0 Å². The summed E-state index contributed by atoms with van der Waals surface area (Å²) < 4.78 is 16.2. The zero-order chi connectivity index (χ0) is 19.1. The van der Waals surface area contributed by atoms with Gasteiger partial charge in [-0.1, -0.05) is 26.0 Å². The van der Waals surface area contributed by atoms with Crippen LogP contribution >= 0.6 is 0 Å². The maximum atomic E-state index is 12.4. The summed E-state index contributed by atoms with van der Waals surface area (Å²) in [6, 6.07) is 13.4. The van der Waals surface area contributed by atoms with Crippen molar-refractivity contribution in [3.8, 4) is 17.2 Å². The third-order valence-corrected chi connectivity index (χ3v) is 4.21. The highest BCUT2D eigenvalue weighted by Crippen LogP contribution is 2.25. The summed E-state index contributed by atoms with van der Waals surface area (Å²) in [5, 5.41) is 0. The monoisotopic (exact) mass is 357 g/mol. The SMILES string of the molecule is COc1ccc(CN(C)C(=O)COc2cccc(C(C)C)c2)c(OC)c1. The lowest BCUT2D eigenvalue weighted by atomic mass is 10.0. The number of hydrogen-bond donors (Lipinski definition) is 0. The Morgan fingerprint density at radius 1 is 1.04 bits per heavy atom. The van der Waals surface area contributed by atoms with Crippen LogP contribution in [0.4, 0.5) is 0 Å². The highest BCUT2D eigenvalue weighted by molar-refractivity contribution is 5.77. The molecule has 26 heavy (non-hydrogen) atoms. The van der Waals surface area contributed by atoms with Crippen molar-refractivity contribution in [3.63, 3.8) is 0 Å². The molecule has 0 heterocycles. The molecule has 5 heteroatoms. The molecule has 0 unspecified atom stereocenters. The fraction of sp³-hybridized carbons (Fsp3) is 0.381. The number of likely N-dealkylation sites (N-methyl/N-ethyl adjacent to an activating group) is 1. The Morgan fingerprint density at radius 2 is 1.81 bits per heavy atom. The first kappa shape index (κ1) is 19.6. The van der Waals surface area contributed by atoms with Gasteiger partial charge in [-0.25, -0.2) is 0 Å². The van der Waals surface area contributed by atoms with Crippen LogP contribution in [-0.2, 0) is 11.3 Å². The first-order chi connectivity index (χ1) is 12.4. The molecule has 1 amide bonds. The molecule has 2 aromatic rings. The first-order valence-corrected chi connectivity index (χ1v) is 8.62. The van der Waals surface area contributed by atoms with E-state index < -0.39 is 0 Å². The van der Waals surface area contributed by atoms with E-state index in [0.29, 0.717) is 29.7 Å². The van der Waals surface area contributed by atoms with Crippen molar-refractivity contribution in [2.75, 3.05) is 27.9 Å². The first-order valence-electron chi connectivity index (χ1n) is 8.62. The number of carbonyl (C=O) groups is 1. The third kappa shape index (κ3) is 5.15. The van der Waals surface area contributed by atoms with Gasteiger partial charge in [0.1, 0.15) is 17.2 Å². The third-order valence-electron chi connectivity index (χ3n) is 4.21. The van der Waals surface area contributed by atoms with Crippen LogP contribution in [0, 0.1) is 0 Å². The Morgan fingerprint density at radius 3 is 2.46 bits per heavy atom. The van der Waals surface area contributed by atoms with Gasteiger partial charge in [-0.3, -0.25) is 4.79 Å². The molecule has 0 bridgehead atoms. The minimum Gasteiger partial charge on any atom is -0.497 e. The van der Waals surface area contributed by atoms with Crippen molar-refractivity contribution >= 4 is 5.91 Å². The van der Waals surface area contributed by atoms with Crippen LogP contribution in [0.5, 0.6) is 17.2 Å². The van der Waals surface area contributed by atoms with E-state index in [1.165, 1.54) is 5.56 Å². The normalized spacial score (nSPS) is 10.5. The van der Waals surface area contributed by atoms with Crippen LogP contribution in [-0.4, -0.2) is 38.7 Å². The maximum Gasteiger partial charge on any atom is 0.260 e. The molecule has 0 radical (unpaired) electrons. The number of benzene rings is 2. The van der Waals surface area contributed by atoms with Crippen molar-refractivity contribution in [1.82, 2.24) is 4.90 Å². The number of methoxy groups -OCH3 is 2. The van der Waals surface area contributed by atoms with E-state index in [1.54, 1.807) is 26.2 Å². The van der Waals surface area contributed by atoms with Crippen LogP contribution in [0.15, 0.2) is 42.5 Å². The van der Waals surface area contributed by atoms with Gasteiger partial charge in [0.05, 0.1) is 14.2 Å². The van der Waals surface area contributed by atoms with Crippen LogP contribution < -0.4 is 14.2 Å². The molecule has 5 nitrogen and oxygen atoms in total. The molecule has 0 saturated carbocycles. The van der Waals surface area contributed by atoms with E-state index in [1.807, 2.05) is 36.4 Å². The second-order valence-electron chi connectivity index (χ2n) is 6.44. The minimum atomic E-state index is -0.0992. The van der Waals surface area contributed by atoms with E-state index >= 15 is 0 Å². The summed E-state index contributed by atoms with van der Waals surface area (Å²) in [7, 11) is 4.96. The molecule has 0 aliphatic carbocycles. The Balaban J connectivity index is 1.96. The summed E-state index contributed by atoms with van der Waals surface area (Å²) in [6.07, 6.45) is 0. The molecule has 0 aromatic heterocycles. The van der Waals surface area contributed by atoms with Crippen molar-refractivity contribution in [3.05, 3.63) is 53.6 Å². The Kier molecular flexibility index (Phi) is 6.89. The Bertz CT molecular complexity index is 743. The molecule has 0 saturated heterocycles. The number of hydrogen-bond acceptors (Lipinski definition) is 4. The summed E-state index contributed by atoms with van der Waals surface area (Å²) in [5.41, 5.74) is 2.09. The van der Waals surface area contributed by atoms with Gasteiger partial charge in [-0.2, -0.15) is 0 Å². The Hall–Kier alpha value is -2.69. The standard InChI is InChI=1S/C21H27NO4/c1-15(2)16-7-6-8-19(11-16)26-14-21(23)22(3)13-17-9-10-18(24-4)12-20(17)25-5/h6-12,15H,13-14H2,1-5H3. The predicted molar refractivity (Wildman–Crippen MR) is 102 cm³/mol. The summed E-state index contributed by atoms with van der Waals surface area (Å²) in [4.78, 5) is 14.0. The van der Waals surface area contributed by atoms with E-state index in [-0.39, 0.29) is 12.5 Å². The smallest absolute Gasteiger partial charge is 0.260 e. The lowest BCUT2D eigenvalue weighted by Crippen LogP contribution is -2.31. The van der Waals surface area contributed by atoms with Crippen LogP contribution in [0.2, 0.25) is 0 Å². The van der Waals surface area contributed by atoms with Crippen molar-refractivity contribution in [1.29, 1.82) is 0 Å². The molecular weight excluding hydrogens is 330 g/mol. The van der Waals surface area contributed by atoms with Gasteiger partial charge < -0.3 is 19.1 Å². The highest BCUT2D eigenvalue weighted by Gasteiger charge is 2.14. The quantitative estimate of drug-likeness (QED) is 0.720. The molecule has 0 spiro atoms. The number of carbonyl (C=O) groups excluding carboxylic acids is 1. The maximum absolute atomic E-state index is 12.4. The van der Waals surface area contributed by atoms with E-state index in [2.05, 4.69) is 19.9 Å². The van der Waals surface area contributed by atoms with Gasteiger partial charge in [0, 0.05) is 25.2 Å².